The van der Waals surface area contributed by atoms with Gasteiger partial charge in [-0.05, 0) is 30.7 Å². The molecule has 0 unspecified atom stereocenters. The van der Waals surface area contributed by atoms with Gasteiger partial charge in [0.25, 0.3) is 0 Å². The van der Waals surface area contributed by atoms with Gasteiger partial charge >= 0.3 is 5.97 Å². The molecular weight excluding hydrogens is 348 g/mol. The van der Waals surface area contributed by atoms with Gasteiger partial charge < -0.3 is 9.15 Å². The Kier molecular flexibility index (Phi) is 4.11. The molecule has 140 valence electrons. The Balaban J connectivity index is 1.85. The topological polar surface area (TPSA) is 88.8 Å². The lowest BCUT2D eigenvalue weighted by Gasteiger charge is -2.31. The van der Waals surface area contributed by atoms with Crippen LogP contribution < -0.4 is 10.2 Å². The standard InChI is InChI=1S/C20H20N2O5/c1-3-20(19(25)26-2)15-14(16(21-20)13-10-7-11-27-13)17(23)22(18(15)24)12-8-5-4-6-9-12/h4-11,14-16,21H,3H2,1-2H3/t14-,15+,16-,20+/m1/s1. The number of carbonyl (C=O) groups is 3. The minimum absolute atomic E-state index is 0.305. The maximum absolute atomic E-state index is 13.3. The first-order valence-electron chi connectivity index (χ1n) is 8.87. The summed E-state index contributed by atoms with van der Waals surface area (Å²) >= 11 is 0. The third-order valence-electron chi connectivity index (χ3n) is 5.63. The molecule has 2 amide bonds. The number of esters is 1. The van der Waals surface area contributed by atoms with Gasteiger partial charge in [-0.2, -0.15) is 0 Å². The van der Waals surface area contributed by atoms with Crippen molar-refractivity contribution in [2.24, 2.45) is 11.8 Å². The highest BCUT2D eigenvalue weighted by Gasteiger charge is 2.68. The van der Waals surface area contributed by atoms with Gasteiger partial charge in [0.2, 0.25) is 11.8 Å². The summed E-state index contributed by atoms with van der Waals surface area (Å²) in [5.41, 5.74) is -0.789. The number of nitrogens with one attached hydrogen (secondary N) is 1. The highest BCUT2D eigenvalue weighted by molar-refractivity contribution is 6.24. The molecule has 2 aromatic rings. The van der Waals surface area contributed by atoms with E-state index in [1.165, 1.54) is 18.3 Å². The van der Waals surface area contributed by atoms with Gasteiger partial charge in [-0.25, -0.2) is 4.90 Å². The summed E-state index contributed by atoms with van der Waals surface area (Å²) in [6.45, 7) is 1.80. The van der Waals surface area contributed by atoms with Gasteiger partial charge in [0, 0.05) is 0 Å². The molecule has 2 aliphatic heterocycles. The van der Waals surface area contributed by atoms with E-state index in [1.807, 2.05) is 6.07 Å². The fourth-order valence-corrected chi connectivity index (χ4v) is 4.38. The quantitative estimate of drug-likeness (QED) is 0.656. The molecule has 2 aliphatic rings. The lowest BCUT2D eigenvalue weighted by molar-refractivity contribution is -0.152. The van der Waals surface area contributed by atoms with Crippen LogP contribution in [-0.4, -0.2) is 30.4 Å². The number of hydrogen-bond acceptors (Lipinski definition) is 6. The molecule has 4 rings (SSSR count). The largest absolute Gasteiger partial charge is 0.468 e. The molecule has 1 aromatic heterocycles. The van der Waals surface area contributed by atoms with E-state index in [4.69, 9.17) is 9.15 Å². The Hall–Kier alpha value is -2.93. The fraction of sp³-hybridized carbons (Fsp3) is 0.350. The molecule has 0 aliphatic carbocycles. The number of amides is 2. The number of rotatable bonds is 4. The monoisotopic (exact) mass is 368 g/mol. The number of furan rings is 1. The first-order valence-corrected chi connectivity index (χ1v) is 8.87. The minimum atomic E-state index is -1.28. The number of para-hydroxylation sites is 1. The summed E-state index contributed by atoms with van der Waals surface area (Å²) in [5, 5.41) is 3.21. The number of nitrogens with zero attached hydrogens (tertiary/aromatic N) is 1. The molecule has 2 fully saturated rings. The summed E-state index contributed by atoms with van der Waals surface area (Å²) in [5.74, 6) is -2.39. The maximum Gasteiger partial charge on any atom is 0.326 e. The van der Waals surface area contributed by atoms with Crippen LogP contribution in [-0.2, 0) is 19.1 Å². The molecule has 0 spiro atoms. The van der Waals surface area contributed by atoms with Crippen LogP contribution >= 0.6 is 0 Å². The molecule has 3 heterocycles. The molecule has 0 saturated carbocycles. The highest BCUT2D eigenvalue weighted by Crippen LogP contribution is 2.51. The smallest absolute Gasteiger partial charge is 0.326 e. The van der Waals surface area contributed by atoms with Crippen molar-refractivity contribution in [2.45, 2.75) is 24.9 Å². The van der Waals surface area contributed by atoms with Crippen LogP contribution in [0.5, 0.6) is 0 Å². The van der Waals surface area contributed by atoms with Crippen LogP contribution in [0.15, 0.2) is 53.1 Å². The van der Waals surface area contributed by atoms with E-state index < -0.39 is 35.3 Å². The molecule has 2 saturated heterocycles. The van der Waals surface area contributed by atoms with Crippen molar-refractivity contribution in [2.75, 3.05) is 12.0 Å². The number of anilines is 1. The molecular formula is C20H20N2O5. The SMILES string of the molecule is CC[C@]1(C(=O)OC)N[C@H](c2ccco2)[C@@H]2C(=O)N(c3ccccc3)C(=O)[C@H]21. The Morgan fingerprint density at radius 1 is 1.19 bits per heavy atom. The van der Waals surface area contributed by atoms with Gasteiger partial charge in [0.1, 0.15) is 11.3 Å². The third kappa shape index (κ3) is 2.35. The zero-order valence-corrected chi connectivity index (χ0v) is 15.0. The average Bonchev–Trinajstić information content (AvgIpc) is 3.39. The van der Waals surface area contributed by atoms with Crippen molar-refractivity contribution in [1.82, 2.24) is 5.32 Å². The number of ether oxygens (including phenoxy) is 1. The lowest BCUT2D eigenvalue weighted by Crippen LogP contribution is -2.55. The minimum Gasteiger partial charge on any atom is -0.468 e. The number of fused-ring (bicyclic) bond motifs is 1. The van der Waals surface area contributed by atoms with E-state index in [2.05, 4.69) is 5.32 Å². The predicted octanol–water partition coefficient (Wildman–Crippen LogP) is 2.05. The maximum atomic E-state index is 13.3. The highest BCUT2D eigenvalue weighted by atomic mass is 16.5. The molecule has 7 nitrogen and oxygen atoms in total. The van der Waals surface area contributed by atoms with Crippen molar-refractivity contribution in [3.05, 3.63) is 54.5 Å². The molecule has 0 radical (unpaired) electrons. The van der Waals surface area contributed by atoms with E-state index in [1.54, 1.807) is 43.3 Å². The van der Waals surface area contributed by atoms with Gasteiger partial charge in [-0.1, -0.05) is 25.1 Å². The van der Waals surface area contributed by atoms with Crippen LogP contribution in [0, 0.1) is 11.8 Å². The van der Waals surface area contributed by atoms with Crippen molar-refractivity contribution >= 4 is 23.5 Å². The van der Waals surface area contributed by atoms with Gasteiger partial charge in [0.15, 0.2) is 0 Å². The first kappa shape index (κ1) is 17.5. The van der Waals surface area contributed by atoms with E-state index in [9.17, 15) is 14.4 Å². The third-order valence-corrected chi connectivity index (χ3v) is 5.63. The molecule has 27 heavy (non-hydrogen) atoms. The normalized spacial score (nSPS) is 29.9. The fourth-order valence-electron chi connectivity index (χ4n) is 4.38. The van der Waals surface area contributed by atoms with Crippen LogP contribution in [0.4, 0.5) is 5.69 Å². The van der Waals surface area contributed by atoms with Gasteiger partial charge in [-0.3, -0.25) is 19.7 Å². The van der Waals surface area contributed by atoms with Gasteiger partial charge in [-0.15, -0.1) is 0 Å². The van der Waals surface area contributed by atoms with Crippen LogP contribution in [0.3, 0.4) is 0 Å². The number of methoxy groups -OCH3 is 1. The molecule has 4 atom stereocenters. The Morgan fingerprint density at radius 3 is 2.52 bits per heavy atom. The lowest BCUT2D eigenvalue weighted by atomic mass is 9.78. The Bertz CT molecular complexity index is 879. The molecule has 7 heteroatoms. The first-order chi connectivity index (χ1) is 13.0. The molecule has 1 aromatic carbocycles. The van der Waals surface area contributed by atoms with Crippen LogP contribution in [0.2, 0.25) is 0 Å². The summed E-state index contributed by atoms with van der Waals surface area (Å²) in [7, 11) is 1.28. The summed E-state index contributed by atoms with van der Waals surface area (Å²) in [4.78, 5) is 40.5. The predicted molar refractivity (Wildman–Crippen MR) is 95.5 cm³/mol. The summed E-state index contributed by atoms with van der Waals surface area (Å²) in [6, 6.07) is 11.6. The average molecular weight is 368 g/mol. The van der Waals surface area contributed by atoms with Crippen molar-refractivity contribution < 1.29 is 23.5 Å². The van der Waals surface area contributed by atoms with Crippen LogP contribution in [0.25, 0.3) is 0 Å². The van der Waals surface area contributed by atoms with E-state index in [0.717, 1.165) is 0 Å². The van der Waals surface area contributed by atoms with Crippen molar-refractivity contribution in [3.63, 3.8) is 0 Å². The number of benzene rings is 1. The molecule has 0 bridgehead atoms. The number of imide groups is 1. The molecule has 1 N–H and O–H groups in total. The zero-order chi connectivity index (χ0) is 19.2. The second kappa shape index (κ2) is 6.35. The van der Waals surface area contributed by atoms with E-state index in [-0.39, 0.29) is 5.91 Å². The summed E-state index contributed by atoms with van der Waals surface area (Å²) < 4.78 is 10.5. The second-order valence-corrected chi connectivity index (χ2v) is 6.80. The summed E-state index contributed by atoms with van der Waals surface area (Å²) in [6.07, 6.45) is 1.81. The Labute approximate surface area is 156 Å². The Morgan fingerprint density at radius 2 is 1.93 bits per heavy atom. The van der Waals surface area contributed by atoms with Gasteiger partial charge in [0.05, 0.1) is 36.9 Å². The van der Waals surface area contributed by atoms with Crippen molar-refractivity contribution in [3.8, 4) is 0 Å². The number of hydrogen-bond donors (Lipinski definition) is 1. The number of carbonyl (C=O) groups excluding carboxylic acids is 3. The van der Waals surface area contributed by atoms with Crippen molar-refractivity contribution in [1.29, 1.82) is 0 Å². The van der Waals surface area contributed by atoms with E-state index in [0.29, 0.717) is 17.9 Å². The zero-order valence-electron chi connectivity index (χ0n) is 15.0. The van der Waals surface area contributed by atoms with Crippen LogP contribution in [0.1, 0.15) is 25.1 Å². The van der Waals surface area contributed by atoms with E-state index >= 15 is 0 Å². The second-order valence-electron chi connectivity index (χ2n) is 6.80.